The van der Waals surface area contributed by atoms with E-state index in [0.29, 0.717) is 44.6 Å². The molecule has 0 saturated carbocycles. The highest BCUT2D eigenvalue weighted by Gasteiger charge is 2.25. The minimum Gasteiger partial charge on any atom is -0.453 e. The van der Waals surface area contributed by atoms with Crippen molar-refractivity contribution in [3.05, 3.63) is 46.2 Å². The van der Waals surface area contributed by atoms with Crippen LogP contribution in [0.5, 0.6) is 0 Å². The fraction of sp³-hybridized carbons (Fsp3) is 0.333. The molecule has 0 unspecified atom stereocenters. The molecule has 0 atom stereocenters. The first-order valence-corrected chi connectivity index (χ1v) is 8.54. The largest absolute Gasteiger partial charge is 0.453 e. The smallest absolute Gasteiger partial charge is 0.409 e. The van der Waals surface area contributed by atoms with Crippen molar-refractivity contribution in [2.24, 2.45) is 0 Å². The van der Waals surface area contributed by atoms with Gasteiger partial charge in [0.2, 0.25) is 0 Å². The minimum absolute atomic E-state index is 0.101. The molecule has 0 N–H and O–H groups in total. The van der Waals surface area contributed by atoms with Crippen LogP contribution in [-0.4, -0.2) is 55.0 Å². The number of benzene rings is 1. The van der Waals surface area contributed by atoms with Crippen LogP contribution in [0.4, 0.5) is 16.2 Å². The third-order valence-corrected chi connectivity index (χ3v) is 4.36. The molecule has 1 aromatic carbocycles. The first-order chi connectivity index (χ1) is 13.0. The van der Waals surface area contributed by atoms with Crippen molar-refractivity contribution in [2.45, 2.75) is 6.92 Å². The monoisotopic (exact) mass is 373 g/mol. The molecule has 1 saturated heterocycles. The molecule has 0 bridgehead atoms. The van der Waals surface area contributed by atoms with Gasteiger partial charge in [-0.15, -0.1) is 0 Å². The quantitative estimate of drug-likeness (QED) is 0.450. The molecule has 3 rings (SSSR count). The van der Waals surface area contributed by atoms with E-state index in [1.807, 2.05) is 4.90 Å². The Balaban J connectivity index is 1.83. The van der Waals surface area contributed by atoms with Crippen molar-refractivity contribution in [3.63, 3.8) is 0 Å². The summed E-state index contributed by atoms with van der Waals surface area (Å²) in [6.07, 6.45) is 0.215. The van der Waals surface area contributed by atoms with Crippen molar-refractivity contribution in [1.82, 2.24) is 4.90 Å². The number of nitro groups is 1. The number of nitro benzene ring substituents is 1. The van der Waals surface area contributed by atoms with E-state index in [9.17, 15) is 19.7 Å². The number of nitrogens with zero attached hydrogens (tertiary/aromatic N) is 3. The van der Waals surface area contributed by atoms with Gasteiger partial charge in [0.05, 0.1) is 17.1 Å². The molecule has 27 heavy (non-hydrogen) atoms. The summed E-state index contributed by atoms with van der Waals surface area (Å²) in [5.41, 5.74) is 0.984. The Bertz CT molecular complexity index is 855. The number of anilines is 1. The molecular weight excluding hydrogens is 354 g/mol. The zero-order chi connectivity index (χ0) is 19.4. The Morgan fingerprint density at radius 3 is 2.59 bits per heavy atom. The second kappa shape index (κ2) is 7.90. The van der Waals surface area contributed by atoms with Gasteiger partial charge in [0.1, 0.15) is 5.76 Å². The summed E-state index contributed by atoms with van der Waals surface area (Å²) in [7, 11) is 0. The lowest BCUT2D eigenvalue weighted by Crippen LogP contribution is -2.49. The highest BCUT2D eigenvalue weighted by molar-refractivity contribution is 5.78. The van der Waals surface area contributed by atoms with Crippen molar-refractivity contribution in [1.29, 1.82) is 0 Å². The van der Waals surface area contributed by atoms with E-state index in [-0.39, 0.29) is 23.3 Å². The SMILES string of the molecule is CCOC(=O)N1CCN(c2ccc([N+](=O)[O-])c(-c3ccc(C=O)o3)c2)CC1. The van der Waals surface area contributed by atoms with Crippen molar-refractivity contribution in [3.8, 4) is 11.3 Å². The number of furan rings is 1. The number of rotatable bonds is 5. The number of ether oxygens (including phenoxy) is 1. The molecule has 2 heterocycles. The van der Waals surface area contributed by atoms with Gasteiger partial charge in [0.15, 0.2) is 12.0 Å². The summed E-state index contributed by atoms with van der Waals surface area (Å²) in [6.45, 7) is 4.25. The van der Waals surface area contributed by atoms with Gasteiger partial charge in [0, 0.05) is 37.9 Å². The summed E-state index contributed by atoms with van der Waals surface area (Å²) >= 11 is 0. The second-order valence-corrected chi connectivity index (χ2v) is 5.95. The highest BCUT2D eigenvalue weighted by Crippen LogP contribution is 2.34. The maximum Gasteiger partial charge on any atom is 0.409 e. The first-order valence-electron chi connectivity index (χ1n) is 8.54. The van der Waals surface area contributed by atoms with E-state index in [2.05, 4.69) is 0 Å². The predicted octanol–water partition coefficient (Wildman–Crippen LogP) is 2.95. The average molecular weight is 373 g/mol. The molecule has 1 fully saturated rings. The summed E-state index contributed by atoms with van der Waals surface area (Å²) in [5.74, 6) is 0.364. The van der Waals surface area contributed by atoms with E-state index >= 15 is 0 Å². The molecular formula is C18H19N3O6. The third-order valence-electron chi connectivity index (χ3n) is 4.36. The van der Waals surface area contributed by atoms with Crippen molar-refractivity contribution < 1.29 is 23.7 Å². The van der Waals surface area contributed by atoms with Gasteiger partial charge in [0.25, 0.3) is 5.69 Å². The van der Waals surface area contributed by atoms with Crippen LogP contribution in [0.1, 0.15) is 17.5 Å². The van der Waals surface area contributed by atoms with Gasteiger partial charge in [-0.05, 0) is 31.2 Å². The van der Waals surface area contributed by atoms with Crippen LogP contribution in [-0.2, 0) is 4.74 Å². The molecule has 142 valence electrons. The predicted molar refractivity (Wildman–Crippen MR) is 97.0 cm³/mol. The van der Waals surface area contributed by atoms with Gasteiger partial charge in [-0.1, -0.05) is 0 Å². The van der Waals surface area contributed by atoms with Crippen LogP contribution in [0.2, 0.25) is 0 Å². The fourth-order valence-corrected chi connectivity index (χ4v) is 3.00. The Kier molecular flexibility index (Phi) is 5.39. The van der Waals surface area contributed by atoms with E-state index in [1.54, 1.807) is 24.0 Å². The number of hydrogen-bond donors (Lipinski definition) is 0. The van der Waals surface area contributed by atoms with Gasteiger partial charge in [-0.3, -0.25) is 14.9 Å². The fourth-order valence-electron chi connectivity index (χ4n) is 3.00. The van der Waals surface area contributed by atoms with Crippen molar-refractivity contribution >= 4 is 23.8 Å². The van der Waals surface area contributed by atoms with Gasteiger partial charge in [-0.25, -0.2) is 4.79 Å². The number of hydrogen-bond acceptors (Lipinski definition) is 7. The van der Waals surface area contributed by atoms with E-state index < -0.39 is 4.92 Å². The van der Waals surface area contributed by atoms with Crippen LogP contribution in [0, 0.1) is 10.1 Å². The third kappa shape index (κ3) is 3.91. The Morgan fingerprint density at radius 2 is 2.00 bits per heavy atom. The van der Waals surface area contributed by atoms with Crippen LogP contribution in [0.3, 0.4) is 0 Å². The Hall–Kier alpha value is -3.36. The Labute approximate surface area is 155 Å². The van der Waals surface area contributed by atoms with Gasteiger partial charge >= 0.3 is 6.09 Å². The normalized spacial score (nSPS) is 14.1. The maximum absolute atomic E-state index is 11.8. The molecule has 0 radical (unpaired) electrons. The molecule has 0 spiro atoms. The zero-order valence-corrected chi connectivity index (χ0v) is 14.8. The maximum atomic E-state index is 11.8. The second-order valence-electron chi connectivity index (χ2n) is 5.95. The molecule has 1 aliphatic rings. The molecule has 0 aliphatic carbocycles. The van der Waals surface area contributed by atoms with E-state index in [4.69, 9.17) is 9.15 Å². The molecule has 9 nitrogen and oxygen atoms in total. The lowest BCUT2D eigenvalue weighted by molar-refractivity contribution is -0.384. The molecule has 9 heteroatoms. The van der Waals surface area contributed by atoms with Crippen LogP contribution in [0.15, 0.2) is 34.7 Å². The molecule has 1 amide bonds. The van der Waals surface area contributed by atoms with E-state index in [1.165, 1.54) is 18.2 Å². The summed E-state index contributed by atoms with van der Waals surface area (Å²) in [5, 5.41) is 11.4. The first kappa shape index (κ1) is 18.4. The zero-order valence-electron chi connectivity index (χ0n) is 14.8. The number of carbonyl (C=O) groups excluding carboxylic acids is 2. The van der Waals surface area contributed by atoms with Crippen molar-refractivity contribution in [2.75, 3.05) is 37.7 Å². The Morgan fingerprint density at radius 1 is 1.26 bits per heavy atom. The lowest BCUT2D eigenvalue weighted by Gasteiger charge is -2.35. The molecule has 1 aromatic heterocycles. The lowest BCUT2D eigenvalue weighted by atomic mass is 10.1. The highest BCUT2D eigenvalue weighted by atomic mass is 16.6. The number of piperazine rings is 1. The number of carbonyl (C=O) groups is 2. The van der Waals surface area contributed by atoms with Gasteiger partial charge < -0.3 is 19.0 Å². The van der Waals surface area contributed by atoms with Crippen LogP contribution < -0.4 is 4.90 Å². The molecule has 1 aliphatic heterocycles. The average Bonchev–Trinajstić information content (AvgIpc) is 3.17. The summed E-state index contributed by atoms with van der Waals surface area (Å²) < 4.78 is 10.4. The standard InChI is InChI=1S/C18H19N3O6/c1-2-26-18(23)20-9-7-19(8-10-20)13-3-5-16(21(24)25)15(11-13)17-6-4-14(12-22)27-17/h3-6,11-12H,2,7-10H2,1H3. The van der Waals surface area contributed by atoms with Gasteiger partial charge in [-0.2, -0.15) is 0 Å². The summed E-state index contributed by atoms with van der Waals surface area (Å²) in [6, 6.07) is 7.77. The molecule has 2 aromatic rings. The number of aldehydes is 1. The van der Waals surface area contributed by atoms with Crippen LogP contribution in [0.25, 0.3) is 11.3 Å². The number of amides is 1. The summed E-state index contributed by atoms with van der Waals surface area (Å²) in [4.78, 5) is 37.2. The van der Waals surface area contributed by atoms with E-state index in [0.717, 1.165) is 5.69 Å². The topological polar surface area (TPSA) is 106 Å². The van der Waals surface area contributed by atoms with Crippen LogP contribution >= 0.6 is 0 Å². The minimum atomic E-state index is -0.485.